The predicted octanol–water partition coefficient (Wildman–Crippen LogP) is 0.714. The number of hydrogen-bond donors (Lipinski definition) is 0. The minimum atomic E-state index is -0.427. The monoisotopic (exact) mass is 191 g/mol. The molecule has 4 nitrogen and oxygen atoms in total. The molecule has 0 aromatic carbocycles. The van der Waals surface area contributed by atoms with Crippen LogP contribution >= 0.6 is 0 Å². The highest BCUT2D eigenvalue weighted by atomic mass is 16.6. The largest absolute Gasteiger partial charge is 0.393 e. The Bertz CT molecular complexity index is 361. The summed E-state index contributed by atoms with van der Waals surface area (Å²) >= 11 is 0. The van der Waals surface area contributed by atoms with Gasteiger partial charge in [0.2, 0.25) is 0 Å². The van der Waals surface area contributed by atoms with Crippen molar-refractivity contribution in [3.8, 4) is 0 Å². The maximum atomic E-state index is 11.1. The van der Waals surface area contributed by atoms with Crippen LogP contribution in [0.1, 0.15) is 12.0 Å². The number of esters is 2. The van der Waals surface area contributed by atoms with E-state index in [1.807, 2.05) is 6.07 Å². The zero-order valence-corrected chi connectivity index (χ0v) is 7.47. The molecule has 1 aliphatic rings. The average Bonchev–Trinajstić information content (AvgIpc) is 2.47. The Morgan fingerprint density at radius 3 is 2.93 bits per heavy atom. The number of carbonyl (C=O) groups excluding carboxylic acids is 2. The fraction of sp³-hybridized carbons (Fsp3) is 0.300. The summed E-state index contributed by atoms with van der Waals surface area (Å²) in [7, 11) is 0. The number of rotatable bonds is 2. The Hall–Kier alpha value is -1.71. The summed E-state index contributed by atoms with van der Waals surface area (Å²) in [6.45, 7) is 0. The number of cyclic esters (lactones) is 2. The third-order valence-corrected chi connectivity index (χ3v) is 2.17. The van der Waals surface area contributed by atoms with E-state index < -0.39 is 11.9 Å². The number of aromatic nitrogens is 1. The van der Waals surface area contributed by atoms with Gasteiger partial charge < -0.3 is 4.74 Å². The normalized spacial score (nSPS) is 21.0. The van der Waals surface area contributed by atoms with Crippen LogP contribution in [-0.4, -0.2) is 16.9 Å². The van der Waals surface area contributed by atoms with Crippen molar-refractivity contribution in [1.82, 2.24) is 4.98 Å². The highest BCUT2D eigenvalue weighted by molar-refractivity contribution is 5.94. The van der Waals surface area contributed by atoms with Crippen molar-refractivity contribution < 1.29 is 14.3 Å². The molecule has 0 aliphatic carbocycles. The third kappa shape index (κ3) is 1.79. The first-order valence-electron chi connectivity index (χ1n) is 4.39. The van der Waals surface area contributed by atoms with Crippen LogP contribution in [0.15, 0.2) is 24.5 Å². The van der Waals surface area contributed by atoms with Crippen LogP contribution in [0.4, 0.5) is 0 Å². The molecule has 1 unspecified atom stereocenters. The molecule has 1 aliphatic heterocycles. The molecule has 2 heterocycles. The van der Waals surface area contributed by atoms with Gasteiger partial charge in [-0.25, -0.2) is 0 Å². The highest BCUT2D eigenvalue weighted by Crippen LogP contribution is 2.20. The van der Waals surface area contributed by atoms with Crippen LogP contribution in [0.3, 0.4) is 0 Å². The van der Waals surface area contributed by atoms with E-state index in [1.165, 1.54) is 0 Å². The Morgan fingerprint density at radius 1 is 1.50 bits per heavy atom. The minimum absolute atomic E-state index is 0.188. The van der Waals surface area contributed by atoms with E-state index in [-0.39, 0.29) is 12.3 Å². The predicted molar refractivity (Wildman–Crippen MR) is 47.1 cm³/mol. The molecule has 0 spiro atoms. The van der Waals surface area contributed by atoms with Crippen LogP contribution in [0.2, 0.25) is 0 Å². The van der Waals surface area contributed by atoms with Crippen LogP contribution in [0.5, 0.6) is 0 Å². The first kappa shape index (κ1) is 8.87. The molecular weight excluding hydrogens is 182 g/mol. The van der Waals surface area contributed by atoms with Gasteiger partial charge in [-0.2, -0.15) is 0 Å². The summed E-state index contributed by atoms with van der Waals surface area (Å²) in [6, 6.07) is 3.68. The zero-order valence-electron chi connectivity index (χ0n) is 7.47. The quantitative estimate of drug-likeness (QED) is 0.510. The van der Waals surface area contributed by atoms with Crippen molar-refractivity contribution in [2.45, 2.75) is 12.8 Å². The molecule has 0 amide bonds. The lowest BCUT2D eigenvalue weighted by Crippen LogP contribution is -2.10. The lowest BCUT2D eigenvalue weighted by molar-refractivity contribution is -0.153. The number of carbonyl (C=O) groups is 2. The van der Waals surface area contributed by atoms with Crippen LogP contribution < -0.4 is 0 Å². The summed E-state index contributed by atoms with van der Waals surface area (Å²) in [5.41, 5.74) is 0.948. The van der Waals surface area contributed by atoms with Gasteiger partial charge in [0.05, 0.1) is 12.3 Å². The molecule has 14 heavy (non-hydrogen) atoms. The van der Waals surface area contributed by atoms with Crippen molar-refractivity contribution in [2.75, 3.05) is 0 Å². The first-order chi connectivity index (χ1) is 6.75. The molecule has 2 rings (SSSR count). The lowest BCUT2D eigenvalue weighted by Gasteiger charge is -2.02. The number of ether oxygens (including phenoxy) is 1. The summed E-state index contributed by atoms with van der Waals surface area (Å²) in [5.74, 6) is -1.17. The molecule has 1 atom stereocenters. The van der Waals surface area contributed by atoms with Gasteiger partial charge in [0.1, 0.15) is 0 Å². The highest BCUT2D eigenvalue weighted by Gasteiger charge is 2.33. The van der Waals surface area contributed by atoms with Gasteiger partial charge in [0.25, 0.3) is 0 Å². The van der Waals surface area contributed by atoms with E-state index in [4.69, 9.17) is 0 Å². The van der Waals surface area contributed by atoms with Gasteiger partial charge in [0.15, 0.2) is 0 Å². The lowest BCUT2D eigenvalue weighted by atomic mass is 9.99. The van der Waals surface area contributed by atoms with E-state index in [1.54, 1.807) is 18.5 Å². The van der Waals surface area contributed by atoms with Crippen molar-refractivity contribution in [1.29, 1.82) is 0 Å². The smallest absolute Gasteiger partial charge is 0.317 e. The average molecular weight is 191 g/mol. The Labute approximate surface area is 80.9 Å². The molecule has 1 aromatic heterocycles. The SMILES string of the molecule is O=C1CC(Cc2cccnc2)C(=O)O1. The molecule has 0 bridgehead atoms. The van der Waals surface area contributed by atoms with Crippen molar-refractivity contribution in [3.05, 3.63) is 30.1 Å². The van der Waals surface area contributed by atoms with E-state index in [2.05, 4.69) is 9.72 Å². The maximum absolute atomic E-state index is 11.1. The molecule has 1 saturated heterocycles. The maximum Gasteiger partial charge on any atom is 0.317 e. The molecule has 4 heteroatoms. The topological polar surface area (TPSA) is 56.3 Å². The Balaban J connectivity index is 2.05. The standard InChI is InChI=1S/C10H9NO3/c12-9-5-8(10(13)14-9)4-7-2-1-3-11-6-7/h1-3,6,8H,4-5H2. The number of hydrogen-bond acceptors (Lipinski definition) is 4. The van der Waals surface area contributed by atoms with Gasteiger partial charge in [-0.05, 0) is 18.1 Å². The molecule has 0 radical (unpaired) electrons. The summed E-state index contributed by atoms with van der Waals surface area (Å²) in [6.07, 6.45) is 4.07. The van der Waals surface area contributed by atoms with Crippen LogP contribution in [0, 0.1) is 5.92 Å². The van der Waals surface area contributed by atoms with Crippen molar-refractivity contribution in [3.63, 3.8) is 0 Å². The summed E-state index contributed by atoms with van der Waals surface area (Å²) in [4.78, 5) is 25.9. The van der Waals surface area contributed by atoms with Crippen LogP contribution in [-0.2, 0) is 20.7 Å². The summed E-state index contributed by atoms with van der Waals surface area (Å²) < 4.78 is 4.45. The second kappa shape index (κ2) is 3.57. The van der Waals surface area contributed by atoms with E-state index in [9.17, 15) is 9.59 Å². The van der Waals surface area contributed by atoms with Gasteiger partial charge in [-0.3, -0.25) is 14.6 Å². The van der Waals surface area contributed by atoms with Gasteiger partial charge in [0, 0.05) is 12.4 Å². The van der Waals surface area contributed by atoms with E-state index >= 15 is 0 Å². The molecule has 0 saturated carbocycles. The van der Waals surface area contributed by atoms with Gasteiger partial charge in [-0.15, -0.1) is 0 Å². The molecule has 1 aromatic rings. The Morgan fingerprint density at radius 2 is 2.36 bits per heavy atom. The minimum Gasteiger partial charge on any atom is -0.393 e. The third-order valence-electron chi connectivity index (χ3n) is 2.17. The fourth-order valence-electron chi connectivity index (χ4n) is 1.48. The summed E-state index contributed by atoms with van der Waals surface area (Å²) in [5, 5.41) is 0. The van der Waals surface area contributed by atoms with Crippen LogP contribution in [0.25, 0.3) is 0 Å². The van der Waals surface area contributed by atoms with Gasteiger partial charge >= 0.3 is 11.9 Å². The molecule has 0 N–H and O–H groups in total. The van der Waals surface area contributed by atoms with Crippen molar-refractivity contribution in [2.24, 2.45) is 5.92 Å². The Kier molecular flexibility index (Phi) is 2.26. The zero-order chi connectivity index (χ0) is 9.97. The number of pyridine rings is 1. The molecule has 72 valence electrons. The second-order valence-corrected chi connectivity index (χ2v) is 3.26. The van der Waals surface area contributed by atoms with E-state index in [0.717, 1.165) is 5.56 Å². The van der Waals surface area contributed by atoms with Gasteiger partial charge in [-0.1, -0.05) is 6.07 Å². The van der Waals surface area contributed by atoms with Crippen molar-refractivity contribution >= 4 is 11.9 Å². The second-order valence-electron chi connectivity index (χ2n) is 3.26. The van der Waals surface area contributed by atoms with E-state index in [0.29, 0.717) is 6.42 Å². The first-order valence-corrected chi connectivity index (χ1v) is 4.39. The molecule has 1 fully saturated rings. The number of nitrogens with zero attached hydrogens (tertiary/aromatic N) is 1. The molecular formula is C10H9NO3. The fourth-order valence-corrected chi connectivity index (χ4v) is 1.48.